The molecule has 2 aliphatic carbocycles. The number of allylic oxidation sites excluding steroid dienone is 2. The highest BCUT2D eigenvalue weighted by atomic mass is 16.7. The third kappa shape index (κ3) is 3.06. The average Bonchev–Trinajstić information content (AvgIpc) is 2.93. The quantitative estimate of drug-likeness (QED) is 0.442. The minimum Gasteiger partial charge on any atom is -0.459 e. The van der Waals surface area contributed by atoms with Gasteiger partial charge in [0.25, 0.3) is 0 Å². The molecule has 6 atom stereocenters. The van der Waals surface area contributed by atoms with Gasteiger partial charge in [-0.1, -0.05) is 32.1 Å². The smallest absolute Gasteiger partial charge is 0.336 e. The van der Waals surface area contributed by atoms with Crippen molar-refractivity contribution in [3.8, 4) is 0 Å². The number of aliphatic hydroxyl groups excluding tert-OH is 1. The Kier molecular flexibility index (Phi) is 4.80. The molecule has 2 saturated carbocycles. The third-order valence-corrected chi connectivity index (χ3v) is 8.01. The van der Waals surface area contributed by atoms with Gasteiger partial charge in [0.05, 0.1) is 18.3 Å². The van der Waals surface area contributed by atoms with Crippen molar-refractivity contribution in [3.63, 3.8) is 0 Å². The predicted octanol–water partition coefficient (Wildman–Crippen LogP) is 3.76. The zero-order valence-electron chi connectivity index (χ0n) is 17.6. The van der Waals surface area contributed by atoms with Crippen LogP contribution in [0.4, 0.5) is 0 Å². The van der Waals surface area contributed by atoms with Crippen LogP contribution in [0.5, 0.6) is 0 Å². The second-order valence-electron chi connectivity index (χ2n) is 10.2. The van der Waals surface area contributed by atoms with Crippen LogP contribution in [0.25, 0.3) is 0 Å². The van der Waals surface area contributed by atoms with Gasteiger partial charge in [-0.2, -0.15) is 0 Å². The topological polar surface area (TPSA) is 65.0 Å². The van der Waals surface area contributed by atoms with E-state index < -0.39 is 11.9 Å². The number of carbonyl (C=O) groups is 1. The number of cyclic esters (lactones) is 1. The van der Waals surface area contributed by atoms with Crippen molar-refractivity contribution in [2.45, 2.75) is 77.8 Å². The first-order chi connectivity index (χ1) is 13.1. The van der Waals surface area contributed by atoms with E-state index in [1.165, 1.54) is 5.57 Å². The van der Waals surface area contributed by atoms with Crippen LogP contribution in [0.1, 0.15) is 59.8 Å². The van der Waals surface area contributed by atoms with Crippen molar-refractivity contribution in [3.05, 3.63) is 23.8 Å². The minimum absolute atomic E-state index is 0.0135. The largest absolute Gasteiger partial charge is 0.459 e. The average molecular weight is 391 g/mol. The second kappa shape index (κ2) is 6.68. The summed E-state index contributed by atoms with van der Waals surface area (Å²) < 4.78 is 17.4. The van der Waals surface area contributed by atoms with E-state index >= 15 is 0 Å². The van der Waals surface area contributed by atoms with Crippen molar-refractivity contribution in [2.24, 2.45) is 22.7 Å². The van der Waals surface area contributed by atoms with Gasteiger partial charge in [-0.25, -0.2) is 4.79 Å². The van der Waals surface area contributed by atoms with Gasteiger partial charge in [-0.15, -0.1) is 0 Å². The number of hydrogen-bond acceptors (Lipinski definition) is 5. The molecule has 0 aromatic carbocycles. The molecule has 5 heteroatoms. The van der Waals surface area contributed by atoms with Crippen LogP contribution in [-0.2, 0) is 19.0 Å². The maximum absolute atomic E-state index is 11.9. The summed E-state index contributed by atoms with van der Waals surface area (Å²) in [4.78, 5) is 11.9. The Morgan fingerprint density at radius 2 is 1.96 bits per heavy atom. The molecule has 5 nitrogen and oxygen atoms in total. The fourth-order valence-electron chi connectivity index (χ4n) is 6.43. The van der Waals surface area contributed by atoms with Gasteiger partial charge in [0.1, 0.15) is 12.7 Å². The van der Waals surface area contributed by atoms with Crippen LogP contribution >= 0.6 is 0 Å². The molecule has 2 saturated heterocycles. The van der Waals surface area contributed by atoms with E-state index in [0.29, 0.717) is 11.5 Å². The monoisotopic (exact) mass is 390 g/mol. The van der Waals surface area contributed by atoms with Crippen molar-refractivity contribution in [1.82, 2.24) is 0 Å². The molecule has 0 amide bonds. The Hall–Kier alpha value is -1.17. The van der Waals surface area contributed by atoms with Crippen LogP contribution < -0.4 is 0 Å². The normalized spacial score (nSPS) is 46.8. The summed E-state index contributed by atoms with van der Waals surface area (Å²) in [5.74, 6) is -0.141. The Morgan fingerprint density at radius 1 is 1.21 bits per heavy atom. The van der Waals surface area contributed by atoms with Crippen LogP contribution in [0.15, 0.2) is 23.8 Å². The van der Waals surface area contributed by atoms with Gasteiger partial charge in [-0.3, -0.25) is 0 Å². The van der Waals surface area contributed by atoms with Crippen molar-refractivity contribution < 1.29 is 24.1 Å². The molecule has 0 spiro atoms. The van der Waals surface area contributed by atoms with E-state index in [-0.39, 0.29) is 35.4 Å². The highest BCUT2D eigenvalue weighted by Crippen LogP contribution is 2.63. The molecule has 2 aliphatic heterocycles. The lowest BCUT2D eigenvalue weighted by molar-refractivity contribution is -0.344. The molecule has 4 fully saturated rings. The van der Waals surface area contributed by atoms with Crippen molar-refractivity contribution in [2.75, 3.05) is 13.2 Å². The van der Waals surface area contributed by atoms with Crippen molar-refractivity contribution in [1.29, 1.82) is 0 Å². The van der Waals surface area contributed by atoms with E-state index in [2.05, 4.69) is 20.4 Å². The summed E-state index contributed by atoms with van der Waals surface area (Å²) in [6.07, 6.45) is 6.22. The summed E-state index contributed by atoms with van der Waals surface area (Å²) in [6.45, 7) is 13.9. The SMILES string of the molecule is C=C1CCC2[C@]3(C)COC(C)(C)O[C@@H]3CC[C@@]2(C)[C@@H]1CC=C1C(=O)OC[C@H]1O. The Balaban J connectivity index is 1.61. The first-order valence-corrected chi connectivity index (χ1v) is 10.6. The molecule has 0 aromatic heterocycles. The maximum atomic E-state index is 11.9. The zero-order chi connectivity index (χ0) is 20.3. The van der Waals surface area contributed by atoms with Crippen LogP contribution in [0.3, 0.4) is 0 Å². The van der Waals surface area contributed by atoms with E-state index in [9.17, 15) is 9.90 Å². The molecule has 0 aromatic rings. The first-order valence-electron chi connectivity index (χ1n) is 10.6. The van der Waals surface area contributed by atoms with Gasteiger partial charge in [0.2, 0.25) is 0 Å². The number of esters is 1. The standard InChI is InChI=1S/C23H34O5/c1-14-6-9-18-22(4,16(14)8-7-15-17(24)12-26-20(15)25)11-10-19-23(18,5)13-27-21(2,3)28-19/h7,16-19,24H,1,6,8-13H2,2-5H3/t16-,17-,18?,19-,22+,23+/m1/s1. The maximum Gasteiger partial charge on any atom is 0.336 e. The van der Waals surface area contributed by atoms with E-state index in [4.69, 9.17) is 14.2 Å². The van der Waals surface area contributed by atoms with Gasteiger partial charge < -0.3 is 19.3 Å². The van der Waals surface area contributed by atoms with Crippen LogP contribution in [-0.4, -0.2) is 42.3 Å². The summed E-state index contributed by atoms with van der Waals surface area (Å²) in [6, 6.07) is 0. The molecular formula is C23H34O5. The lowest BCUT2D eigenvalue weighted by atomic mass is 9.46. The minimum atomic E-state index is -0.802. The summed E-state index contributed by atoms with van der Waals surface area (Å²) in [5, 5.41) is 10.0. The molecule has 28 heavy (non-hydrogen) atoms. The molecular weight excluding hydrogens is 356 g/mol. The number of aliphatic hydroxyl groups is 1. The van der Waals surface area contributed by atoms with Gasteiger partial charge in [-0.05, 0) is 63.2 Å². The summed E-state index contributed by atoms with van der Waals surface area (Å²) in [5.41, 5.74) is 1.74. The van der Waals surface area contributed by atoms with Crippen LogP contribution in [0, 0.1) is 22.7 Å². The number of ether oxygens (including phenoxy) is 3. The number of hydrogen-bond donors (Lipinski definition) is 1. The van der Waals surface area contributed by atoms with Gasteiger partial charge in [0.15, 0.2) is 5.79 Å². The van der Waals surface area contributed by atoms with Crippen molar-refractivity contribution >= 4 is 5.97 Å². The number of rotatable bonds is 2. The fraction of sp³-hybridized carbons (Fsp3) is 0.783. The second-order valence-corrected chi connectivity index (χ2v) is 10.2. The molecule has 0 radical (unpaired) electrons. The molecule has 1 unspecified atom stereocenters. The third-order valence-electron chi connectivity index (χ3n) is 8.01. The molecule has 4 rings (SSSR count). The zero-order valence-corrected chi connectivity index (χ0v) is 17.6. The summed E-state index contributed by atoms with van der Waals surface area (Å²) >= 11 is 0. The van der Waals surface area contributed by atoms with Gasteiger partial charge in [0, 0.05) is 5.41 Å². The fourth-order valence-corrected chi connectivity index (χ4v) is 6.43. The Bertz CT molecular complexity index is 710. The van der Waals surface area contributed by atoms with Crippen LogP contribution in [0.2, 0.25) is 0 Å². The Labute approximate surface area is 168 Å². The Morgan fingerprint density at radius 3 is 2.64 bits per heavy atom. The molecule has 2 heterocycles. The lowest BCUT2D eigenvalue weighted by Gasteiger charge is -2.63. The number of carbonyl (C=O) groups excluding carboxylic acids is 1. The highest BCUT2D eigenvalue weighted by Gasteiger charge is 2.60. The molecule has 0 bridgehead atoms. The molecule has 4 aliphatic rings. The molecule has 156 valence electrons. The number of fused-ring (bicyclic) bond motifs is 3. The van der Waals surface area contributed by atoms with E-state index in [1.807, 2.05) is 19.9 Å². The molecule has 1 N–H and O–H groups in total. The first kappa shape index (κ1) is 20.1. The van der Waals surface area contributed by atoms with Gasteiger partial charge >= 0.3 is 5.97 Å². The summed E-state index contributed by atoms with van der Waals surface area (Å²) in [7, 11) is 0. The predicted molar refractivity (Wildman–Crippen MR) is 105 cm³/mol. The van der Waals surface area contributed by atoms with E-state index in [0.717, 1.165) is 38.7 Å². The lowest BCUT2D eigenvalue weighted by Crippen LogP contribution is -2.62. The van der Waals surface area contributed by atoms with E-state index in [1.54, 1.807) is 0 Å². The highest BCUT2D eigenvalue weighted by molar-refractivity contribution is 5.91.